The van der Waals surface area contributed by atoms with Crippen LogP contribution in [0.2, 0.25) is 5.02 Å². The van der Waals surface area contributed by atoms with E-state index in [1.807, 2.05) is 87.5 Å². The van der Waals surface area contributed by atoms with E-state index in [9.17, 15) is 18.8 Å². The Bertz CT molecular complexity index is 3580. The summed E-state index contributed by atoms with van der Waals surface area (Å²) in [5.74, 6) is 8.63. The van der Waals surface area contributed by atoms with Crippen LogP contribution < -0.4 is 31.4 Å². The summed E-state index contributed by atoms with van der Waals surface area (Å²) in [6.45, 7) is 7.83. The Morgan fingerprint density at radius 3 is 1.40 bits per heavy atom. The van der Waals surface area contributed by atoms with Crippen molar-refractivity contribution in [3.8, 4) is 29.1 Å². The number of fused-ring (bicyclic) bond motifs is 6. The molecule has 6 aromatic carbocycles. The molecule has 6 aliphatic rings. The summed E-state index contributed by atoms with van der Waals surface area (Å²) in [5, 5.41) is 0.676. The minimum absolute atomic E-state index is 0.00567. The lowest BCUT2D eigenvalue weighted by molar-refractivity contribution is 0.0613. The molecule has 82 heavy (non-hydrogen) atoms. The van der Waals surface area contributed by atoms with E-state index in [1.54, 1.807) is 42.5 Å². The van der Waals surface area contributed by atoms with E-state index in [4.69, 9.17) is 47.4 Å². The molecule has 0 unspecified atom stereocenters. The number of likely N-dealkylation sites (tertiary alicyclic amines) is 3. The Labute approximate surface area is 496 Å². The van der Waals surface area contributed by atoms with Crippen molar-refractivity contribution < 1.29 is 37.4 Å². The summed E-state index contributed by atoms with van der Waals surface area (Å²) in [5.41, 5.74) is 26.2. The second kappa shape index (κ2) is 24.3. The Morgan fingerprint density at radius 2 is 0.951 bits per heavy atom. The Kier molecular flexibility index (Phi) is 16.8. The van der Waals surface area contributed by atoms with Crippen LogP contribution in [0.5, 0.6) is 17.2 Å². The molecular formula is C66H65ClFIN6O7. The van der Waals surface area contributed by atoms with Crippen LogP contribution in [-0.4, -0.2) is 91.5 Å². The lowest BCUT2D eigenvalue weighted by Crippen LogP contribution is -2.46. The molecule has 3 amide bonds. The average Bonchev–Trinajstić information content (AvgIpc) is 4.50. The van der Waals surface area contributed by atoms with Crippen LogP contribution in [0.15, 0.2) is 144 Å². The number of amides is 3. The smallest absolute Gasteiger partial charge is 0.289 e. The predicted octanol–water partition coefficient (Wildman–Crippen LogP) is 10.5. The van der Waals surface area contributed by atoms with Gasteiger partial charge in [-0.3, -0.25) is 14.4 Å². The highest BCUT2D eigenvalue weighted by molar-refractivity contribution is 14.1. The van der Waals surface area contributed by atoms with Gasteiger partial charge in [0.05, 0.1) is 30.4 Å². The number of rotatable bonds is 6. The lowest BCUT2D eigenvalue weighted by atomic mass is 9.74. The normalized spacial score (nSPS) is 17.4. The Hall–Kier alpha value is -7.20. The molecule has 6 aliphatic heterocycles. The van der Waals surface area contributed by atoms with Crippen LogP contribution in [0.4, 0.5) is 4.39 Å². The highest BCUT2D eigenvalue weighted by Gasteiger charge is 2.47. The van der Waals surface area contributed by atoms with Crippen LogP contribution in [0.3, 0.4) is 0 Å². The molecular weight excluding hydrogens is 1170 g/mol. The van der Waals surface area contributed by atoms with Gasteiger partial charge < -0.3 is 50.5 Å². The van der Waals surface area contributed by atoms with Crippen molar-refractivity contribution in [3.63, 3.8) is 0 Å². The molecule has 0 aliphatic carbocycles. The first kappa shape index (κ1) is 56.7. The van der Waals surface area contributed by atoms with E-state index in [-0.39, 0.29) is 51.1 Å². The van der Waals surface area contributed by atoms with Gasteiger partial charge in [-0.05, 0) is 157 Å². The van der Waals surface area contributed by atoms with Crippen LogP contribution in [-0.2, 0) is 35.9 Å². The minimum atomic E-state index is -0.388. The zero-order valence-corrected chi connectivity index (χ0v) is 48.5. The van der Waals surface area contributed by atoms with Gasteiger partial charge in [0.15, 0.2) is 11.5 Å². The van der Waals surface area contributed by atoms with E-state index in [1.165, 1.54) is 22.8 Å². The standard InChI is InChI=1S/C26H23FN2O3.C20H20ClIN2O2.C20H22N2O2/c27-22-4-2-1-3-19(22)6-7-20-8-10-24(32-20)25(30)29-13-11-26(12-14-29)17-31-23-9-5-18(16-28)15-21(23)26;21-16-3-2-14(10-17(16)22)19(25)24-7-5-20(6-8-24)12-26-18-4-1-13(11-23)9-15(18)20;21-13-15-6-7-18-17(12-15)20(14-24-18)8-10-22(11-9-20)19(23)16-4-2-1-3-5-16/h1-5,8-10,15H,11-14,16-17,28H2;1-4,9-10H,5-8,11-12,23H2;1-7,12H,8-11,13-14,21H2. The summed E-state index contributed by atoms with van der Waals surface area (Å²) in [4.78, 5) is 44.2. The fourth-order valence-electron chi connectivity index (χ4n) is 12.2. The predicted molar refractivity (Wildman–Crippen MR) is 322 cm³/mol. The minimum Gasteiger partial charge on any atom is -0.492 e. The molecule has 16 heteroatoms. The third kappa shape index (κ3) is 11.6. The number of benzene rings is 6. The Morgan fingerprint density at radius 1 is 0.512 bits per heavy atom. The number of carbonyl (C=O) groups is 3. The Balaban J connectivity index is 0.000000131. The monoisotopic (exact) mass is 1230 g/mol. The van der Waals surface area contributed by atoms with Gasteiger partial charge in [-0.25, -0.2) is 4.39 Å². The molecule has 0 atom stereocenters. The molecule has 13 rings (SSSR count). The number of carbonyl (C=O) groups excluding carboxylic acids is 3. The van der Waals surface area contributed by atoms with Crippen LogP contribution in [0, 0.1) is 21.2 Å². The van der Waals surface area contributed by atoms with Crippen molar-refractivity contribution in [3.05, 3.63) is 216 Å². The number of piperidine rings is 3. The van der Waals surface area contributed by atoms with Gasteiger partial charge in [-0.1, -0.05) is 84.3 Å². The molecule has 13 nitrogen and oxygen atoms in total. The van der Waals surface area contributed by atoms with Gasteiger partial charge in [0.25, 0.3) is 17.7 Å². The number of nitrogens with zero attached hydrogens (tertiary/aromatic N) is 3. The topological polar surface area (TPSA) is 180 Å². The summed E-state index contributed by atoms with van der Waals surface area (Å²) in [7, 11) is 0. The van der Waals surface area contributed by atoms with Crippen molar-refractivity contribution in [2.45, 2.75) is 74.4 Å². The molecule has 1 aromatic heterocycles. The van der Waals surface area contributed by atoms with Gasteiger partial charge in [0, 0.05) is 107 Å². The molecule has 422 valence electrons. The maximum Gasteiger partial charge on any atom is 0.289 e. The SMILES string of the molecule is NCc1ccc2c(c1)C1(CCN(C(=O)c3ccc(C#Cc4ccccc4F)o3)CC1)CO2.NCc1ccc2c(c1)C1(CCN(C(=O)c3ccc(Cl)c(I)c3)CC1)CO2.NCc1ccc2c(c1)C1(CCN(C(=O)c3ccccc3)CC1)CO2. The van der Waals surface area contributed by atoms with Crippen LogP contribution in [0.1, 0.15) is 115 Å². The molecule has 7 heterocycles. The maximum atomic E-state index is 13.7. The highest BCUT2D eigenvalue weighted by Crippen LogP contribution is 2.49. The maximum absolute atomic E-state index is 13.7. The first-order valence-corrected chi connectivity index (χ1v) is 29.4. The quantitative estimate of drug-likeness (QED) is 0.107. The summed E-state index contributed by atoms with van der Waals surface area (Å²) >= 11 is 8.23. The highest BCUT2D eigenvalue weighted by atomic mass is 127. The molecule has 0 radical (unpaired) electrons. The van der Waals surface area contributed by atoms with Crippen LogP contribution >= 0.6 is 34.2 Å². The fraction of sp³-hybridized carbons (Fsp3) is 0.318. The summed E-state index contributed by atoms with van der Waals surface area (Å²) in [6, 6.07) is 43.2. The average molecular weight is 1240 g/mol. The fourth-order valence-corrected chi connectivity index (χ4v) is 12.8. The zero-order valence-electron chi connectivity index (χ0n) is 45.6. The summed E-state index contributed by atoms with van der Waals surface area (Å²) in [6.07, 6.45) is 5.33. The molecule has 3 saturated heterocycles. The van der Waals surface area contributed by atoms with Crippen molar-refractivity contribution in [1.82, 2.24) is 14.7 Å². The molecule has 6 N–H and O–H groups in total. The molecule has 3 fully saturated rings. The van der Waals surface area contributed by atoms with Crippen molar-refractivity contribution in [2.24, 2.45) is 17.2 Å². The zero-order chi connectivity index (χ0) is 57.0. The van der Waals surface area contributed by atoms with Crippen molar-refractivity contribution in [2.75, 3.05) is 59.1 Å². The molecule has 0 bridgehead atoms. The first-order chi connectivity index (χ1) is 39.8. The largest absolute Gasteiger partial charge is 0.492 e. The number of halogens is 3. The van der Waals surface area contributed by atoms with E-state index in [2.05, 4.69) is 52.6 Å². The second-order valence-corrected chi connectivity index (χ2v) is 23.6. The lowest BCUT2D eigenvalue weighted by Gasteiger charge is -2.38. The summed E-state index contributed by atoms with van der Waals surface area (Å²) < 4.78 is 38.1. The second-order valence-electron chi connectivity index (χ2n) is 22.1. The van der Waals surface area contributed by atoms with E-state index >= 15 is 0 Å². The molecule has 7 aromatic rings. The van der Waals surface area contributed by atoms with E-state index in [0.717, 1.165) is 108 Å². The van der Waals surface area contributed by atoms with Gasteiger partial charge in [0.1, 0.15) is 23.1 Å². The number of ether oxygens (including phenoxy) is 3. The third-order valence-corrected chi connectivity index (χ3v) is 18.8. The number of hydrogen-bond donors (Lipinski definition) is 3. The molecule has 0 saturated carbocycles. The van der Waals surface area contributed by atoms with E-state index < -0.39 is 0 Å². The number of nitrogens with two attached hydrogens (primary N) is 3. The van der Waals surface area contributed by atoms with Crippen molar-refractivity contribution >= 4 is 51.9 Å². The number of furan rings is 1. The van der Waals surface area contributed by atoms with Crippen molar-refractivity contribution in [1.29, 1.82) is 0 Å². The van der Waals surface area contributed by atoms with Crippen LogP contribution in [0.25, 0.3) is 0 Å². The molecule has 3 spiro atoms. The van der Waals surface area contributed by atoms with E-state index in [0.29, 0.717) is 68.9 Å². The van der Waals surface area contributed by atoms with Gasteiger partial charge in [0.2, 0.25) is 0 Å². The third-order valence-electron chi connectivity index (χ3n) is 17.3. The van der Waals surface area contributed by atoms with Gasteiger partial charge >= 0.3 is 0 Å². The number of hydrogen-bond acceptors (Lipinski definition) is 10. The van der Waals surface area contributed by atoms with Gasteiger partial charge in [-0.2, -0.15) is 0 Å². The van der Waals surface area contributed by atoms with Gasteiger partial charge in [-0.15, -0.1) is 0 Å². The first-order valence-electron chi connectivity index (χ1n) is 28.0.